The van der Waals surface area contributed by atoms with E-state index in [4.69, 9.17) is 5.10 Å². The van der Waals surface area contributed by atoms with Crippen LogP contribution in [0.5, 0.6) is 0 Å². The van der Waals surface area contributed by atoms with Gasteiger partial charge in [-0.15, -0.1) is 0 Å². The molecule has 0 N–H and O–H groups in total. The number of hydrogen-bond donors (Lipinski definition) is 0. The molecule has 0 saturated carbocycles. The predicted octanol–water partition coefficient (Wildman–Crippen LogP) is 3.25. The van der Waals surface area contributed by atoms with E-state index in [1.54, 1.807) is 0 Å². The van der Waals surface area contributed by atoms with Crippen LogP contribution < -0.4 is 4.90 Å². The van der Waals surface area contributed by atoms with Crippen molar-refractivity contribution < 1.29 is 0 Å². The van der Waals surface area contributed by atoms with Gasteiger partial charge in [0.2, 0.25) is 5.95 Å². The SMILES string of the molecule is Cc1nn(CCCCN2CCN(c3ncccn3)CC2)cc1-c1ccccc1. The Kier molecular flexibility index (Phi) is 5.97. The zero-order chi connectivity index (χ0) is 19.2. The zero-order valence-corrected chi connectivity index (χ0v) is 16.5. The molecule has 0 atom stereocenters. The molecule has 1 fully saturated rings. The molecule has 3 aromatic rings. The average molecular weight is 377 g/mol. The van der Waals surface area contributed by atoms with E-state index in [-0.39, 0.29) is 0 Å². The van der Waals surface area contributed by atoms with Gasteiger partial charge in [0, 0.05) is 56.9 Å². The first-order valence-electron chi connectivity index (χ1n) is 10.1. The molecule has 1 aromatic carbocycles. The topological polar surface area (TPSA) is 50.1 Å². The Bertz CT molecular complexity index is 853. The normalized spacial score (nSPS) is 15.1. The predicted molar refractivity (Wildman–Crippen MR) is 112 cm³/mol. The van der Waals surface area contributed by atoms with Gasteiger partial charge in [-0.1, -0.05) is 30.3 Å². The molecule has 0 amide bonds. The Morgan fingerprint density at radius 2 is 1.57 bits per heavy atom. The third-order valence-corrected chi connectivity index (χ3v) is 5.35. The minimum Gasteiger partial charge on any atom is -0.338 e. The lowest BCUT2D eigenvalue weighted by Gasteiger charge is -2.34. The Hall–Kier alpha value is -2.73. The highest BCUT2D eigenvalue weighted by Crippen LogP contribution is 2.22. The molecule has 2 aromatic heterocycles. The van der Waals surface area contributed by atoms with Crippen LogP contribution in [0.25, 0.3) is 11.1 Å². The van der Waals surface area contributed by atoms with Crippen LogP contribution in [0.15, 0.2) is 55.0 Å². The molecule has 1 aliphatic heterocycles. The molecule has 4 rings (SSSR count). The molecule has 0 unspecified atom stereocenters. The second-order valence-corrected chi connectivity index (χ2v) is 7.34. The van der Waals surface area contributed by atoms with Gasteiger partial charge >= 0.3 is 0 Å². The molecular formula is C22H28N6. The number of aryl methyl sites for hydroxylation is 2. The summed E-state index contributed by atoms with van der Waals surface area (Å²) in [5.41, 5.74) is 3.58. The number of unbranched alkanes of at least 4 members (excludes halogenated alkanes) is 1. The van der Waals surface area contributed by atoms with Crippen LogP contribution in [-0.4, -0.2) is 57.4 Å². The number of nitrogens with zero attached hydrogens (tertiary/aromatic N) is 6. The van der Waals surface area contributed by atoms with Gasteiger partial charge in [0.1, 0.15) is 0 Å². The van der Waals surface area contributed by atoms with Crippen molar-refractivity contribution in [3.8, 4) is 11.1 Å². The van der Waals surface area contributed by atoms with Crippen molar-refractivity contribution in [2.24, 2.45) is 0 Å². The summed E-state index contributed by atoms with van der Waals surface area (Å²) in [7, 11) is 0. The molecule has 1 saturated heterocycles. The maximum Gasteiger partial charge on any atom is 0.225 e. The van der Waals surface area contributed by atoms with Gasteiger partial charge in [0.25, 0.3) is 0 Å². The molecule has 6 heteroatoms. The summed E-state index contributed by atoms with van der Waals surface area (Å²) in [5, 5.41) is 4.70. The van der Waals surface area contributed by atoms with Gasteiger partial charge in [-0.05, 0) is 37.9 Å². The highest BCUT2D eigenvalue weighted by Gasteiger charge is 2.18. The van der Waals surface area contributed by atoms with Crippen LogP contribution in [-0.2, 0) is 6.54 Å². The van der Waals surface area contributed by atoms with Crippen LogP contribution in [0.3, 0.4) is 0 Å². The lowest BCUT2D eigenvalue weighted by atomic mass is 10.1. The third kappa shape index (κ3) is 4.57. The summed E-state index contributed by atoms with van der Waals surface area (Å²) < 4.78 is 2.10. The fourth-order valence-corrected chi connectivity index (χ4v) is 3.77. The maximum absolute atomic E-state index is 4.70. The molecule has 0 spiro atoms. The summed E-state index contributed by atoms with van der Waals surface area (Å²) in [4.78, 5) is 13.5. The van der Waals surface area contributed by atoms with Crippen molar-refractivity contribution >= 4 is 5.95 Å². The maximum atomic E-state index is 4.70. The van der Waals surface area contributed by atoms with Gasteiger partial charge in [-0.2, -0.15) is 5.10 Å². The van der Waals surface area contributed by atoms with E-state index in [0.29, 0.717) is 0 Å². The minimum absolute atomic E-state index is 0.852. The number of aromatic nitrogens is 4. The van der Waals surface area contributed by atoms with Crippen molar-refractivity contribution in [3.63, 3.8) is 0 Å². The summed E-state index contributed by atoms with van der Waals surface area (Å²) in [6, 6.07) is 12.4. The van der Waals surface area contributed by atoms with E-state index >= 15 is 0 Å². The van der Waals surface area contributed by atoms with E-state index in [1.807, 2.05) is 18.5 Å². The van der Waals surface area contributed by atoms with E-state index in [9.17, 15) is 0 Å². The lowest BCUT2D eigenvalue weighted by molar-refractivity contribution is 0.249. The Labute approximate surface area is 166 Å². The average Bonchev–Trinajstić information content (AvgIpc) is 3.13. The standard InChI is InChI=1S/C22H28N6/c1-19-21(20-8-3-2-4-9-20)18-28(25-19)13-6-5-12-26-14-16-27(17-15-26)22-23-10-7-11-24-22/h2-4,7-11,18H,5-6,12-17H2,1H3. The molecular weight excluding hydrogens is 348 g/mol. The van der Waals surface area contributed by atoms with Crippen molar-refractivity contribution in [3.05, 3.63) is 60.7 Å². The summed E-state index contributed by atoms with van der Waals surface area (Å²) in [6.45, 7) is 8.38. The Morgan fingerprint density at radius 3 is 2.32 bits per heavy atom. The highest BCUT2D eigenvalue weighted by molar-refractivity contribution is 5.64. The Morgan fingerprint density at radius 1 is 0.857 bits per heavy atom. The number of benzene rings is 1. The van der Waals surface area contributed by atoms with Gasteiger partial charge in [0.15, 0.2) is 0 Å². The van der Waals surface area contributed by atoms with Crippen LogP contribution in [0.2, 0.25) is 0 Å². The first kappa shape index (κ1) is 18.6. The van der Waals surface area contributed by atoms with Crippen molar-refractivity contribution in [1.29, 1.82) is 0 Å². The van der Waals surface area contributed by atoms with Gasteiger partial charge < -0.3 is 4.90 Å². The second-order valence-electron chi connectivity index (χ2n) is 7.34. The van der Waals surface area contributed by atoms with Crippen LogP contribution in [0.1, 0.15) is 18.5 Å². The summed E-state index contributed by atoms with van der Waals surface area (Å²) >= 11 is 0. The monoisotopic (exact) mass is 376 g/mol. The van der Waals surface area contributed by atoms with Crippen molar-refractivity contribution in [2.75, 3.05) is 37.6 Å². The van der Waals surface area contributed by atoms with Crippen LogP contribution in [0.4, 0.5) is 5.95 Å². The number of anilines is 1. The molecule has 3 heterocycles. The first-order chi connectivity index (χ1) is 13.8. The molecule has 28 heavy (non-hydrogen) atoms. The zero-order valence-electron chi connectivity index (χ0n) is 16.5. The van der Waals surface area contributed by atoms with Gasteiger partial charge in [-0.3, -0.25) is 9.58 Å². The molecule has 0 bridgehead atoms. The summed E-state index contributed by atoms with van der Waals surface area (Å²) in [6.07, 6.45) is 8.16. The molecule has 1 aliphatic rings. The van der Waals surface area contributed by atoms with Crippen LogP contribution in [0, 0.1) is 6.92 Å². The van der Waals surface area contributed by atoms with Crippen molar-refractivity contribution in [2.45, 2.75) is 26.3 Å². The van der Waals surface area contributed by atoms with E-state index in [1.165, 1.54) is 17.5 Å². The lowest BCUT2D eigenvalue weighted by Crippen LogP contribution is -2.47. The molecule has 146 valence electrons. The summed E-state index contributed by atoms with van der Waals surface area (Å²) in [5.74, 6) is 0.852. The van der Waals surface area contributed by atoms with Gasteiger partial charge in [-0.25, -0.2) is 9.97 Å². The van der Waals surface area contributed by atoms with E-state index in [0.717, 1.165) is 57.3 Å². The van der Waals surface area contributed by atoms with E-state index in [2.05, 4.69) is 67.9 Å². The molecule has 0 aliphatic carbocycles. The quantitative estimate of drug-likeness (QED) is 0.593. The minimum atomic E-state index is 0.852. The fraction of sp³-hybridized carbons (Fsp3) is 0.409. The third-order valence-electron chi connectivity index (χ3n) is 5.35. The highest BCUT2D eigenvalue weighted by atomic mass is 15.3. The number of piperazine rings is 1. The van der Waals surface area contributed by atoms with Crippen LogP contribution >= 0.6 is 0 Å². The van der Waals surface area contributed by atoms with Crippen molar-refractivity contribution in [1.82, 2.24) is 24.6 Å². The van der Waals surface area contributed by atoms with Gasteiger partial charge in [0.05, 0.1) is 5.69 Å². The number of hydrogen-bond acceptors (Lipinski definition) is 5. The molecule has 6 nitrogen and oxygen atoms in total. The second kappa shape index (κ2) is 8.97. The smallest absolute Gasteiger partial charge is 0.225 e. The largest absolute Gasteiger partial charge is 0.338 e. The Balaban J connectivity index is 1.20. The fourth-order valence-electron chi connectivity index (χ4n) is 3.77. The molecule has 0 radical (unpaired) electrons. The van der Waals surface area contributed by atoms with E-state index < -0.39 is 0 Å². The first-order valence-corrected chi connectivity index (χ1v) is 10.1. The number of rotatable bonds is 7.